The van der Waals surface area contributed by atoms with Crippen molar-refractivity contribution in [2.45, 2.75) is 44.6 Å². The second-order valence-corrected chi connectivity index (χ2v) is 10.1. The Morgan fingerprint density at radius 3 is 2.37 bits per heavy atom. The molecule has 5 amide bonds. The highest BCUT2D eigenvalue weighted by molar-refractivity contribution is 6.25. The maximum Gasteiger partial charge on any atom is 0.264 e. The number of fused-ring (bicyclic) bond motifs is 1. The van der Waals surface area contributed by atoms with Crippen molar-refractivity contribution in [3.8, 4) is 0 Å². The van der Waals surface area contributed by atoms with Crippen LogP contribution in [0.5, 0.6) is 0 Å². The third kappa shape index (κ3) is 4.20. The lowest BCUT2D eigenvalue weighted by atomic mass is 9.71. The summed E-state index contributed by atoms with van der Waals surface area (Å²) in [6, 6.07) is 4.34. The van der Waals surface area contributed by atoms with Crippen molar-refractivity contribution in [3.05, 3.63) is 29.3 Å². The molecule has 10 nitrogen and oxygen atoms in total. The molecule has 3 saturated heterocycles. The van der Waals surface area contributed by atoms with Gasteiger partial charge in [0.1, 0.15) is 6.04 Å². The van der Waals surface area contributed by atoms with E-state index in [0.717, 1.165) is 62.4 Å². The fraction of sp³-hybridized carbons (Fsp3) is 0.560. The lowest BCUT2D eigenvalue weighted by Gasteiger charge is -2.47. The van der Waals surface area contributed by atoms with E-state index >= 15 is 0 Å². The van der Waals surface area contributed by atoms with E-state index in [2.05, 4.69) is 20.4 Å². The quantitative estimate of drug-likeness (QED) is 0.602. The second-order valence-electron chi connectivity index (χ2n) is 10.1. The molecule has 0 radical (unpaired) electrons. The lowest BCUT2D eigenvalue weighted by molar-refractivity contribution is -0.136. The molecule has 3 fully saturated rings. The van der Waals surface area contributed by atoms with E-state index in [0.29, 0.717) is 17.7 Å². The summed E-state index contributed by atoms with van der Waals surface area (Å²) in [7, 11) is 1.66. The molecule has 2 N–H and O–H groups in total. The van der Waals surface area contributed by atoms with Crippen LogP contribution in [0.2, 0.25) is 0 Å². The zero-order chi connectivity index (χ0) is 24.7. The van der Waals surface area contributed by atoms with Crippen molar-refractivity contribution in [1.82, 2.24) is 20.4 Å². The summed E-state index contributed by atoms with van der Waals surface area (Å²) in [5.41, 5.74) is 1.66. The number of imide groups is 2. The predicted molar refractivity (Wildman–Crippen MR) is 127 cm³/mol. The van der Waals surface area contributed by atoms with Gasteiger partial charge in [-0.25, -0.2) is 0 Å². The monoisotopic (exact) mass is 481 g/mol. The first kappa shape index (κ1) is 23.5. The van der Waals surface area contributed by atoms with E-state index in [1.165, 1.54) is 0 Å². The first-order chi connectivity index (χ1) is 16.8. The Labute approximate surface area is 204 Å². The fourth-order valence-corrected chi connectivity index (χ4v) is 5.95. The van der Waals surface area contributed by atoms with Gasteiger partial charge in [-0.2, -0.15) is 0 Å². The van der Waals surface area contributed by atoms with Crippen molar-refractivity contribution in [3.63, 3.8) is 0 Å². The van der Waals surface area contributed by atoms with E-state index < -0.39 is 23.8 Å². The lowest BCUT2D eigenvalue weighted by Crippen LogP contribution is -2.54. The highest BCUT2D eigenvalue weighted by Gasteiger charge is 2.46. The molecule has 4 aliphatic heterocycles. The Kier molecular flexibility index (Phi) is 6.08. The van der Waals surface area contributed by atoms with Crippen LogP contribution in [-0.2, 0) is 14.4 Å². The third-order valence-electron chi connectivity index (χ3n) is 8.17. The summed E-state index contributed by atoms with van der Waals surface area (Å²) >= 11 is 0. The van der Waals surface area contributed by atoms with Crippen molar-refractivity contribution < 1.29 is 24.0 Å². The first-order valence-corrected chi connectivity index (χ1v) is 12.3. The Morgan fingerprint density at radius 1 is 1.03 bits per heavy atom. The molecule has 1 aromatic rings. The minimum atomic E-state index is -0.961. The summed E-state index contributed by atoms with van der Waals surface area (Å²) in [4.78, 5) is 67.6. The molecular weight excluding hydrogens is 450 g/mol. The molecular formula is C25H31N5O5. The number of anilines is 1. The van der Waals surface area contributed by atoms with Crippen LogP contribution >= 0.6 is 0 Å². The van der Waals surface area contributed by atoms with Crippen molar-refractivity contribution in [2.75, 3.05) is 44.7 Å². The average molecular weight is 482 g/mol. The van der Waals surface area contributed by atoms with Gasteiger partial charge in [-0.3, -0.25) is 39.1 Å². The summed E-state index contributed by atoms with van der Waals surface area (Å²) < 4.78 is 0. The Bertz CT molecular complexity index is 1080. The highest BCUT2D eigenvalue weighted by Crippen LogP contribution is 2.43. The van der Waals surface area contributed by atoms with Gasteiger partial charge in [0.15, 0.2) is 0 Å². The Hall–Kier alpha value is -3.27. The molecule has 10 heteroatoms. The van der Waals surface area contributed by atoms with Gasteiger partial charge in [-0.1, -0.05) is 6.07 Å². The van der Waals surface area contributed by atoms with Crippen LogP contribution in [0, 0.1) is 5.41 Å². The maximum absolute atomic E-state index is 13.4. The Morgan fingerprint density at radius 2 is 1.71 bits per heavy atom. The highest BCUT2D eigenvalue weighted by atomic mass is 16.2. The molecule has 4 heterocycles. The molecule has 1 aromatic carbocycles. The topological polar surface area (TPSA) is 119 Å². The van der Waals surface area contributed by atoms with Crippen LogP contribution in [0.1, 0.15) is 59.2 Å². The Balaban J connectivity index is 1.28. The largest absolute Gasteiger partial charge is 0.371 e. The smallest absolute Gasteiger partial charge is 0.264 e. The number of hydrogen-bond donors (Lipinski definition) is 2. The minimum Gasteiger partial charge on any atom is -0.371 e. The van der Waals surface area contributed by atoms with Crippen LogP contribution in [0.4, 0.5) is 5.69 Å². The number of nitrogens with zero attached hydrogens (tertiary/aromatic N) is 3. The van der Waals surface area contributed by atoms with Crippen LogP contribution < -0.4 is 15.5 Å². The van der Waals surface area contributed by atoms with Gasteiger partial charge in [0.05, 0.1) is 23.4 Å². The van der Waals surface area contributed by atoms with Gasteiger partial charge in [0, 0.05) is 26.6 Å². The number of amides is 5. The molecule has 0 bridgehead atoms. The van der Waals surface area contributed by atoms with Gasteiger partial charge < -0.3 is 10.2 Å². The number of nitrogens with one attached hydrogen (secondary N) is 2. The number of carbonyl (C=O) groups is 5. The van der Waals surface area contributed by atoms with Crippen molar-refractivity contribution in [1.29, 1.82) is 0 Å². The second kappa shape index (κ2) is 9.07. The number of benzene rings is 1. The number of piperidine rings is 3. The molecule has 1 spiro atoms. The van der Waals surface area contributed by atoms with E-state index in [4.69, 9.17) is 0 Å². The molecule has 1 unspecified atom stereocenters. The summed E-state index contributed by atoms with van der Waals surface area (Å²) in [6.07, 6.45) is 4.32. The average Bonchev–Trinajstić information content (AvgIpc) is 3.11. The molecule has 0 aromatic heterocycles. The normalized spacial score (nSPS) is 24.5. The van der Waals surface area contributed by atoms with E-state index in [9.17, 15) is 24.0 Å². The van der Waals surface area contributed by atoms with Crippen molar-refractivity contribution >= 4 is 35.2 Å². The predicted octanol–water partition coefficient (Wildman–Crippen LogP) is 0.516. The van der Waals surface area contributed by atoms with Crippen LogP contribution in [-0.4, -0.2) is 85.1 Å². The van der Waals surface area contributed by atoms with Crippen LogP contribution in [0.15, 0.2) is 18.2 Å². The third-order valence-corrected chi connectivity index (χ3v) is 8.17. The fourth-order valence-electron chi connectivity index (χ4n) is 5.95. The molecule has 5 rings (SSSR count). The van der Waals surface area contributed by atoms with Crippen molar-refractivity contribution in [2.24, 2.45) is 5.41 Å². The molecule has 1 atom stereocenters. The van der Waals surface area contributed by atoms with E-state index in [-0.39, 0.29) is 30.1 Å². The SMILES string of the molecule is CNC(=O)CN1CCC2(CC1)CCN(c1cccc3c1C(=O)N(C1CCC(=O)NC1=O)C3=O)CC2. The van der Waals surface area contributed by atoms with Crippen LogP contribution in [0.3, 0.4) is 0 Å². The summed E-state index contributed by atoms with van der Waals surface area (Å²) in [6.45, 7) is 3.82. The molecule has 0 saturated carbocycles. The van der Waals surface area contributed by atoms with Crippen LogP contribution in [0.25, 0.3) is 0 Å². The molecule has 186 valence electrons. The van der Waals surface area contributed by atoms with E-state index in [1.54, 1.807) is 19.2 Å². The van der Waals surface area contributed by atoms with Gasteiger partial charge in [0.2, 0.25) is 17.7 Å². The molecule has 4 aliphatic rings. The molecule has 35 heavy (non-hydrogen) atoms. The number of likely N-dealkylation sites (N-methyl/N-ethyl adjacent to an activating group) is 1. The maximum atomic E-state index is 13.4. The first-order valence-electron chi connectivity index (χ1n) is 12.3. The zero-order valence-electron chi connectivity index (χ0n) is 20.0. The van der Waals surface area contributed by atoms with Gasteiger partial charge in [-0.05, 0) is 62.7 Å². The number of hydrogen-bond acceptors (Lipinski definition) is 7. The zero-order valence-corrected chi connectivity index (χ0v) is 20.0. The summed E-state index contributed by atoms with van der Waals surface area (Å²) in [5, 5.41) is 4.93. The molecule has 0 aliphatic carbocycles. The van der Waals surface area contributed by atoms with E-state index in [1.807, 2.05) is 6.07 Å². The minimum absolute atomic E-state index is 0.0410. The number of rotatable bonds is 4. The standard InChI is InChI=1S/C25H31N5O5/c1-26-20(32)15-28-11-7-25(8-12-28)9-13-29(14-10-25)17-4-2-3-16-21(17)24(35)30(23(16)34)18-5-6-19(31)27-22(18)33/h2-4,18H,5-15H2,1H3,(H,26,32)(H,27,31,33). The summed E-state index contributed by atoms with van der Waals surface area (Å²) in [5.74, 6) is -1.87. The number of likely N-dealkylation sites (tertiary alicyclic amines) is 1. The number of carbonyl (C=O) groups excluding carboxylic acids is 5. The van der Waals surface area contributed by atoms with Gasteiger partial charge >= 0.3 is 0 Å². The van der Waals surface area contributed by atoms with Gasteiger partial charge in [0.25, 0.3) is 11.8 Å². The van der Waals surface area contributed by atoms with Gasteiger partial charge in [-0.15, -0.1) is 0 Å².